The van der Waals surface area contributed by atoms with Crippen molar-refractivity contribution in [2.75, 3.05) is 0 Å². The maximum atomic E-state index is 14.2. The van der Waals surface area contributed by atoms with Crippen molar-refractivity contribution < 1.29 is 4.79 Å². The molecular weight excluding hydrogens is 402 g/mol. The van der Waals surface area contributed by atoms with Crippen molar-refractivity contribution in [3.63, 3.8) is 0 Å². The van der Waals surface area contributed by atoms with E-state index in [4.69, 9.17) is 0 Å². The molecule has 0 N–H and O–H groups in total. The number of piperidine rings is 2. The third-order valence-corrected chi connectivity index (χ3v) is 8.08. The lowest BCUT2D eigenvalue weighted by molar-refractivity contribution is 0.00899. The first-order chi connectivity index (χ1) is 15.8. The highest BCUT2D eigenvalue weighted by Gasteiger charge is 2.41. The molecule has 0 aromatic heterocycles. The topological polar surface area (TPSA) is 20.3 Å². The first-order valence-electron chi connectivity index (χ1n) is 13.3. The van der Waals surface area contributed by atoms with Gasteiger partial charge < -0.3 is 0 Å². The molecule has 4 rings (SSSR count). The van der Waals surface area contributed by atoms with Crippen molar-refractivity contribution in [1.29, 1.82) is 0 Å². The summed E-state index contributed by atoms with van der Waals surface area (Å²) in [7, 11) is 0. The van der Waals surface area contributed by atoms with E-state index in [-0.39, 0.29) is 5.92 Å². The third kappa shape index (κ3) is 5.11. The van der Waals surface area contributed by atoms with Crippen LogP contribution in [0.25, 0.3) is 0 Å². The minimum atomic E-state index is 0.159. The molecule has 2 aromatic rings. The Bertz CT molecular complexity index is 915. The van der Waals surface area contributed by atoms with Gasteiger partial charge in [-0.3, -0.25) is 9.69 Å². The molecule has 2 nitrogen and oxygen atoms in total. The molecule has 2 saturated heterocycles. The van der Waals surface area contributed by atoms with Gasteiger partial charge in [0.25, 0.3) is 0 Å². The van der Waals surface area contributed by atoms with E-state index in [2.05, 4.69) is 88.9 Å². The molecule has 2 unspecified atom stereocenters. The number of hydrogen-bond acceptors (Lipinski definition) is 2. The Labute approximate surface area is 201 Å². The molecule has 2 aromatic carbocycles. The number of fused-ring (bicyclic) bond motifs is 2. The molecule has 0 radical (unpaired) electrons. The number of ketones is 1. The molecule has 2 aliphatic rings. The fourth-order valence-electron chi connectivity index (χ4n) is 6.19. The van der Waals surface area contributed by atoms with Gasteiger partial charge in [0.15, 0.2) is 5.78 Å². The van der Waals surface area contributed by atoms with Crippen molar-refractivity contribution in [2.24, 2.45) is 5.92 Å². The largest absolute Gasteiger partial charge is 0.294 e. The molecule has 2 fully saturated rings. The average molecular weight is 446 g/mol. The fourth-order valence-corrected chi connectivity index (χ4v) is 6.19. The number of carbonyl (C=O) groups excluding carboxylic acids is 1. The van der Waals surface area contributed by atoms with E-state index in [0.29, 0.717) is 35.6 Å². The van der Waals surface area contributed by atoms with E-state index >= 15 is 0 Å². The van der Waals surface area contributed by atoms with Crippen molar-refractivity contribution >= 4 is 5.78 Å². The van der Waals surface area contributed by atoms with E-state index in [1.165, 1.54) is 41.5 Å². The lowest BCUT2D eigenvalue weighted by Gasteiger charge is -2.49. The van der Waals surface area contributed by atoms with Crippen molar-refractivity contribution in [3.05, 3.63) is 70.3 Å². The maximum Gasteiger partial charge on any atom is 0.166 e. The Morgan fingerprint density at radius 3 is 1.88 bits per heavy atom. The third-order valence-electron chi connectivity index (χ3n) is 8.08. The molecule has 2 atom stereocenters. The number of hydrogen-bond donors (Lipinski definition) is 0. The summed E-state index contributed by atoms with van der Waals surface area (Å²) >= 11 is 0. The number of Topliss-reactive ketones (excluding diaryl/α,β-unsaturated/α-hetero) is 1. The Balaban J connectivity index is 1.64. The summed E-state index contributed by atoms with van der Waals surface area (Å²) in [6, 6.07) is 16.6. The second-order valence-electron chi connectivity index (χ2n) is 11.5. The van der Waals surface area contributed by atoms with Crippen LogP contribution >= 0.6 is 0 Å². The van der Waals surface area contributed by atoms with Crippen LogP contribution in [0.3, 0.4) is 0 Å². The average Bonchev–Trinajstić information content (AvgIpc) is 2.78. The van der Waals surface area contributed by atoms with Crippen LogP contribution in [0.15, 0.2) is 42.5 Å². The zero-order valence-electron chi connectivity index (χ0n) is 21.6. The summed E-state index contributed by atoms with van der Waals surface area (Å²) in [5.74, 6) is 1.78. The zero-order chi connectivity index (χ0) is 23.7. The standard InChI is InChI=1S/C31H43NO/c1-20(2)24-17-28(21(3)4)30(29(18-24)22(5)6)31(33)25-15-26-13-10-14-27(16-25)32(26)19-23-11-8-7-9-12-23/h7-9,11-12,17-18,20-22,25-27H,10,13-16,19H2,1-6H3. The molecule has 0 saturated carbocycles. The lowest BCUT2D eigenvalue weighted by atomic mass is 9.73. The van der Waals surface area contributed by atoms with Crippen LogP contribution in [0.5, 0.6) is 0 Å². The number of benzene rings is 2. The SMILES string of the molecule is CC(C)c1cc(C(C)C)c(C(=O)C2CC3CCCC(C2)N3Cc2ccccc2)c(C(C)C)c1. The number of carbonyl (C=O) groups is 1. The molecule has 2 heteroatoms. The molecule has 0 aliphatic carbocycles. The fraction of sp³-hybridized carbons (Fsp3) is 0.581. The monoisotopic (exact) mass is 445 g/mol. The molecule has 2 bridgehead atoms. The maximum absolute atomic E-state index is 14.2. The highest BCUT2D eigenvalue weighted by atomic mass is 16.1. The predicted molar refractivity (Wildman–Crippen MR) is 139 cm³/mol. The minimum Gasteiger partial charge on any atom is -0.294 e. The summed E-state index contributed by atoms with van der Waals surface area (Å²) in [6.07, 6.45) is 5.80. The smallest absolute Gasteiger partial charge is 0.166 e. The highest BCUT2D eigenvalue weighted by molar-refractivity contribution is 6.01. The van der Waals surface area contributed by atoms with Gasteiger partial charge in [0.05, 0.1) is 0 Å². The van der Waals surface area contributed by atoms with E-state index in [9.17, 15) is 4.79 Å². The Kier molecular flexibility index (Phi) is 7.43. The van der Waals surface area contributed by atoms with Crippen LogP contribution in [-0.4, -0.2) is 22.8 Å². The van der Waals surface area contributed by atoms with Gasteiger partial charge in [-0.1, -0.05) is 90.4 Å². The molecule has 0 spiro atoms. The second kappa shape index (κ2) is 10.1. The normalized spacial score (nSPS) is 23.5. The summed E-state index contributed by atoms with van der Waals surface area (Å²) in [5.41, 5.74) is 6.36. The molecule has 2 aliphatic heterocycles. The van der Waals surface area contributed by atoms with Crippen LogP contribution < -0.4 is 0 Å². The van der Waals surface area contributed by atoms with Crippen molar-refractivity contribution in [2.45, 2.75) is 110 Å². The summed E-state index contributed by atoms with van der Waals surface area (Å²) < 4.78 is 0. The van der Waals surface area contributed by atoms with Crippen LogP contribution in [0.2, 0.25) is 0 Å². The predicted octanol–water partition coefficient (Wildman–Crippen LogP) is 8.07. The van der Waals surface area contributed by atoms with Gasteiger partial charge in [0, 0.05) is 30.1 Å². The van der Waals surface area contributed by atoms with Crippen LogP contribution in [0, 0.1) is 5.92 Å². The summed E-state index contributed by atoms with van der Waals surface area (Å²) in [4.78, 5) is 16.9. The van der Waals surface area contributed by atoms with Crippen molar-refractivity contribution in [1.82, 2.24) is 4.90 Å². The summed E-state index contributed by atoms with van der Waals surface area (Å²) in [5, 5.41) is 0. The number of rotatable bonds is 7. The van der Waals surface area contributed by atoms with Gasteiger partial charge in [-0.25, -0.2) is 0 Å². The van der Waals surface area contributed by atoms with E-state index in [1.807, 2.05) is 0 Å². The Hall–Kier alpha value is -1.93. The quantitative estimate of drug-likeness (QED) is 0.402. The van der Waals surface area contributed by atoms with Gasteiger partial charge in [0.2, 0.25) is 0 Å². The minimum absolute atomic E-state index is 0.159. The Morgan fingerprint density at radius 2 is 1.39 bits per heavy atom. The molecule has 0 amide bonds. The number of nitrogens with zero attached hydrogens (tertiary/aromatic N) is 1. The lowest BCUT2D eigenvalue weighted by Crippen LogP contribution is -2.52. The molecule has 33 heavy (non-hydrogen) atoms. The first-order valence-corrected chi connectivity index (χ1v) is 13.3. The van der Waals surface area contributed by atoms with Gasteiger partial charge >= 0.3 is 0 Å². The molecular formula is C31H43NO. The van der Waals surface area contributed by atoms with Crippen LogP contribution in [-0.2, 0) is 6.54 Å². The molecule has 178 valence electrons. The first kappa shape index (κ1) is 24.2. The van der Waals surface area contributed by atoms with E-state index < -0.39 is 0 Å². The second-order valence-corrected chi connectivity index (χ2v) is 11.5. The zero-order valence-corrected chi connectivity index (χ0v) is 21.6. The van der Waals surface area contributed by atoms with Gasteiger partial charge in [0.1, 0.15) is 0 Å². The molecule has 2 heterocycles. The van der Waals surface area contributed by atoms with Gasteiger partial charge in [-0.05, 0) is 65.7 Å². The Morgan fingerprint density at radius 1 is 0.848 bits per heavy atom. The van der Waals surface area contributed by atoms with Crippen LogP contribution in [0.1, 0.15) is 124 Å². The van der Waals surface area contributed by atoms with Gasteiger partial charge in [-0.15, -0.1) is 0 Å². The highest BCUT2D eigenvalue weighted by Crippen LogP contribution is 2.41. The van der Waals surface area contributed by atoms with Gasteiger partial charge in [-0.2, -0.15) is 0 Å². The van der Waals surface area contributed by atoms with Crippen LogP contribution in [0.4, 0.5) is 0 Å². The van der Waals surface area contributed by atoms with E-state index in [0.717, 1.165) is 24.9 Å². The van der Waals surface area contributed by atoms with E-state index in [1.54, 1.807) is 0 Å². The summed E-state index contributed by atoms with van der Waals surface area (Å²) in [6.45, 7) is 14.5. The van der Waals surface area contributed by atoms with Crippen molar-refractivity contribution in [3.8, 4) is 0 Å².